The third-order valence-electron chi connectivity index (χ3n) is 4.65. The Morgan fingerprint density at radius 1 is 1.15 bits per heavy atom. The van der Waals surface area contributed by atoms with Crippen molar-refractivity contribution in [2.45, 2.75) is 40.7 Å². The maximum Gasteiger partial charge on any atom is 0.270 e. The van der Waals surface area contributed by atoms with Crippen molar-refractivity contribution in [3.8, 4) is 17.1 Å². The number of nitrogens with one attached hydrogen (secondary N) is 1. The van der Waals surface area contributed by atoms with Crippen LogP contribution in [0.2, 0.25) is 0 Å². The van der Waals surface area contributed by atoms with E-state index in [9.17, 15) is 4.79 Å². The molecule has 0 aliphatic rings. The second kappa shape index (κ2) is 7.20. The SMILES string of the molecule is Cc1ccc(-n2nc(-c3ccco3)cc2C(=O)N[C@H](C)C(C)C)c(C)c1. The summed E-state index contributed by atoms with van der Waals surface area (Å²) in [7, 11) is 0. The minimum absolute atomic E-state index is 0.0667. The molecule has 3 rings (SSSR count). The average molecular weight is 351 g/mol. The number of hydrogen-bond acceptors (Lipinski definition) is 3. The molecule has 26 heavy (non-hydrogen) atoms. The van der Waals surface area contributed by atoms with Crippen LogP contribution in [0.3, 0.4) is 0 Å². The lowest BCUT2D eigenvalue weighted by Gasteiger charge is -2.18. The van der Waals surface area contributed by atoms with Crippen LogP contribution in [0.15, 0.2) is 47.1 Å². The molecular formula is C21H25N3O2. The first-order valence-corrected chi connectivity index (χ1v) is 8.89. The van der Waals surface area contributed by atoms with Crippen LogP contribution in [0.1, 0.15) is 42.4 Å². The first kappa shape index (κ1) is 18.0. The molecule has 0 unspecified atom stereocenters. The Morgan fingerprint density at radius 2 is 1.92 bits per heavy atom. The van der Waals surface area contributed by atoms with Crippen LogP contribution in [-0.2, 0) is 0 Å². The van der Waals surface area contributed by atoms with Gasteiger partial charge in [0, 0.05) is 12.1 Å². The highest BCUT2D eigenvalue weighted by molar-refractivity contribution is 5.94. The third kappa shape index (κ3) is 3.57. The fourth-order valence-corrected chi connectivity index (χ4v) is 2.76. The summed E-state index contributed by atoms with van der Waals surface area (Å²) in [5.41, 5.74) is 4.25. The number of nitrogens with zero attached hydrogens (tertiary/aromatic N) is 2. The lowest BCUT2D eigenvalue weighted by molar-refractivity contribution is 0.0922. The molecule has 136 valence electrons. The van der Waals surface area contributed by atoms with Crippen LogP contribution in [0.5, 0.6) is 0 Å². The summed E-state index contributed by atoms with van der Waals surface area (Å²) < 4.78 is 7.17. The summed E-state index contributed by atoms with van der Waals surface area (Å²) in [5.74, 6) is 0.844. The second-order valence-electron chi connectivity index (χ2n) is 7.10. The third-order valence-corrected chi connectivity index (χ3v) is 4.65. The smallest absolute Gasteiger partial charge is 0.270 e. The molecule has 1 aromatic carbocycles. The molecule has 3 aromatic rings. The number of aryl methyl sites for hydroxylation is 2. The van der Waals surface area contributed by atoms with Gasteiger partial charge in [-0.05, 0) is 50.5 Å². The van der Waals surface area contributed by atoms with Crippen molar-refractivity contribution in [2.24, 2.45) is 5.92 Å². The average Bonchev–Trinajstić information content (AvgIpc) is 3.24. The number of carbonyl (C=O) groups is 1. The quantitative estimate of drug-likeness (QED) is 0.735. The Bertz CT molecular complexity index is 907. The zero-order chi connectivity index (χ0) is 18.8. The molecule has 0 saturated heterocycles. The van der Waals surface area contributed by atoms with Gasteiger partial charge in [0.2, 0.25) is 0 Å². The summed E-state index contributed by atoms with van der Waals surface area (Å²) >= 11 is 0. The Balaban J connectivity index is 2.08. The van der Waals surface area contributed by atoms with E-state index >= 15 is 0 Å². The largest absolute Gasteiger partial charge is 0.463 e. The number of rotatable bonds is 5. The van der Waals surface area contributed by atoms with Gasteiger partial charge in [-0.2, -0.15) is 5.10 Å². The van der Waals surface area contributed by atoms with E-state index < -0.39 is 0 Å². The van der Waals surface area contributed by atoms with E-state index in [1.807, 2.05) is 45.0 Å². The first-order chi connectivity index (χ1) is 12.4. The van der Waals surface area contributed by atoms with Crippen molar-refractivity contribution in [1.82, 2.24) is 15.1 Å². The molecule has 0 fully saturated rings. The maximum absolute atomic E-state index is 12.9. The minimum atomic E-state index is -0.142. The molecule has 5 nitrogen and oxygen atoms in total. The van der Waals surface area contributed by atoms with Crippen LogP contribution in [0.25, 0.3) is 17.1 Å². The highest BCUT2D eigenvalue weighted by Gasteiger charge is 2.21. The number of hydrogen-bond donors (Lipinski definition) is 1. The molecule has 2 aromatic heterocycles. The van der Waals surface area contributed by atoms with Gasteiger partial charge >= 0.3 is 0 Å². The fourth-order valence-electron chi connectivity index (χ4n) is 2.76. The van der Waals surface area contributed by atoms with E-state index in [1.165, 1.54) is 5.56 Å². The van der Waals surface area contributed by atoms with Crippen molar-refractivity contribution < 1.29 is 9.21 Å². The summed E-state index contributed by atoms with van der Waals surface area (Å²) in [6.45, 7) is 10.2. The molecule has 1 atom stereocenters. The van der Waals surface area contributed by atoms with Crippen molar-refractivity contribution >= 4 is 5.91 Å². The predicted octanol–water partition coefficient (Wildman–Crippen LogP) is 4.52. The summed E-state index contributed by atoms with van der Waals surface area (Å²) in [6.07, 6.45) is 1.60. The minimum Gasteiger partial charge on any atom is -0.463 e. The molecule has 0 spiro atoms. The van der Waals surface area contributed by atoms with E-state index in [-0.39, 0.29) is 11.9 Å². The van der Waals surface area contributed by atoms with Crippen molar-refractivity contribution in [3.05, 3.63) is 59.5 Å². The van der Waals surface area contributed by atoms with Crippen LogP contribution in [0, 0.1) is 19.8 Å². The van der Waals surface area contributed by atoms with E-state index in [1.54, 1.807) is 17.0 Å². The monoisotopic (exact) mass is 351 g/mol. The molecule has 0 aliphatic carbocycles. The van der Waals surface area contributed by atoms with E-state index in [0.29, 0.717) is 23.1 Å². The molecule has 0 radical (unpaired) electrons. The van der Waals surface area contributed by atoms with Crippen molar-refractivity contribution in [2.75, 3.05) is 0 Å². The summed E-state index contributed by atoms with van der Waals surface area (Å²) in [5, 5.41) is 7.71. The summed E-state index contributed by atoms with van der Waals surface area (Å²) in [4.78, 5) is 12.9. The Labute approximate surface area is 154 Å². The highest BCUT2D eigenvalue weighted by atomic mass is 16.3. The van der Waals surface area contributed by atoms with Gasteiger partial charge in [-0.1, -0.05) is 31.5 Å². The van der Waals surface area contributed by atoms with E-state index in [0.717, 1.165) is 11.3 Å². The lowest BCUT2D eigenvalue weighted by atomic mass is 10.1. The van der Waals surface area contributed by atoms with E-state index in [2.05, 4.69) is 30.3 Å². The molecule has 0 saturated carbocycles. The van der Waals surface area contributed by atoms with Gasteiger partial charge in [0.1, 0.15) is 11.4 Å². The highest BCUT2D eigenvalue weighted by Crippen LogP contribution is 2.24. The van der Waals surface area contributed by atoms with Gasteiger partial charge < -0.3 is 9.73 Å². The molecule has 5 heteroatoms. The molecule has 1 amide bonds. The van der Waals surface area contributed by atoms with Crippen LogP contribution in [0.4, 0.5) is 0 Å². The van der Waals surface area contributed by atoms with E-state index in [4.69, 9.17) is 4.42 Å². The fraction of sp³-hybridized carbons (Fsp3) is 0.333. The predicted molar refractivity (Wildman–Crippen MR) is 103 cm³/mol. The number of benzene rings is 1. The second-order valence-corrected chi connectivity index (χ2v) is 7.10. The van der Waals surface area contributed by atoms with Gasteiger partial charge in [-0.3, -0.25) is 4.79 Å². The van der Waals surface area contributed by atoms with Crippen molar-refractivity contribution in [3.63, 3.8) is 0 Å². The molecule has 1 N–H and O–H groups in total. The zero-order valence-electron chi connectivity index (χ0n) is 15.9. The first-order valence-electron chi connectivity index (χ1n) is 8.89. The van der Waals surface area contributed by atoms with Gasteiger partial charge in [0.05, 0.1) is 12.0 Å². The van der Waals surface area contributed by atoms with Gasteiger partial charge in [0.25, 0.3) is 5.91 Å². The standard InChI is InChI=1S/C21H25N3O2/c1-13(2)16(5)22-21(25)19-12-17(20-7-6-10-26-20)23-24(19)18-9-8-14(3)11-15(18)4/h6-13,16H,1-5H3,(H,22,25)/t16-/m1/s1. The topological polar surface area (TPSA) is 60.1 Å². The molecular weight excluding hydrogens is 326 g/mol. The number of aromatic nitrogens is 2. The van der Waals surface area contributed by atoms with Crippen LogP contribution < -0.4 is 5.32 Å². The molecule has 0 aliphatic heterocycles. The summed E-state index contributed by atoms with van der Waals surface area (Å²) in [6, 6.07) is 11.6. The Kier molecular flexibility index (Phi) is 4.98. The molecule has 2 heterocycles. The van der Waals surface area contributed by atoms with Crippen LogP contribution in [-0.4, -0.2) is 21.7 Å². The normalized spacial score (nSPS) is 12.4. The van der Waals surface area contributed by atoms with Crippen LogP contribution >= 0.6 is 0 Å². The number of amides is 1. The Hall–Kier alpha value is -2.82. The van der Waals surface area contributed by atoms with Crippen molar-refractivity contribution in [1.29, 1.82) is 0 Å². The van der Waals surface area contributed by atoms with Gasteiger partial charge in [-0.25, -0.2) is 4.68 Å². The lowest BCUT2D eigenvalue weighted by Crippen LogP contribution is -2.37. The van der Waals surface area contributed by atoms with Gasteiger partial charge in [-0.15, -0.1) is 0 Å². The Morgan fingerprint density at radius 3 is 2.54 bits per heavy atom. The molecule has 0 bridgehead atoms. The van der Waals surface area contributed by atoms with Gasteiger partial charge in [0.15, 0.2) is 5.76 Å². The number of carbonyl (C=O) groups excluding carboxylic acids is 1. The maximum atomic E-state index is 12.9. The zero-order valence-corrected chi connectivity index (χ0v) is 15.9. The number of furan rings is 1.